The highest BCUT2D eigenvalue weighted by atomic mass is 79.9. The Morgan fingerprint density at radius 3 is 2.11 bits per heavy atom. The number of hydrazone groups is 1. The first-order chi connectivity index (χ1) is 21.6. The number of hydrogen-bond donors (Lipinski definition) is 2. The number of non-ortho nitro benzene ring substituents is 1. The van der Waals surface area contributed by atoms with Gasteiger partial charge in [-0.25, -0.2) is 10.2 Å². The van der Waals surface area contributed by atoms with Crippen molar-refractivity contribution >= 4 is 51.3 Å². The van der Waals surface area contributed by atoms with Crippen LogP contribution in [0.15, 0.2) is 88.4 Å². The van der Waals surface area contributed by atoms with Crippen molar-refractivity contribution in [3.8, 4) is 23.0 Å². The highest BCUT2D eigenvalue weighted by Gasteiger charge is 2.18. The molecule has 0 heterocycles. The summed E-state index contributed by atoms with van der Waals surface area (Å²) in [5.41, 5.74) is 3.49. The zero-order valence-corrected chi connectivity index (χ0v) is 25.6. The number of esters is 1. The van der Waals surface area contributed by atoms with Crippen molar-refractivity contribution in [3.63, 3.8) is 0 Å². The minimum absolute atomic E-state index is 0.108. The van der Waals surface area contributed by atoms with Crippen molar-refractivity contribution in [1.29, 1.82) is 0 Å². The molecule has 0 radical (unpaired) electrons. The molecule has 0 aliphatic heterocycles. The number of nitrogens with zero attached hydrogens (tertiary/aromatic N) is 2. The summed E-state index contributed by atoms with van der Waals surface area (Å²) in [5.74, 6) is -0.698. The summed E-state index contributed by atoms with van der Waals surface area (Å²) in [6, 6.07) is 19.0. The van der Waals surface area contributed by atoms with E-state index in [1.165, 1.54) is 82.1 Å². The van der Waals surface area contributed by atoms with E-state index < -0.39 is 22.7 Å². The number of anilines is 1. The van der Waals surface area contributed by atoms with Crippen molar-refractivity contribution in [2.75, 3.05) is 26.6 Å². The number of nitro benzene ring substituents is 1. The zero-order valence-electron chi connectivity index (χ0n) is 24.0. The molecule has 0 aromatic heterocycles. The van der Waals surface area contributed by atoms with Gasteiger partial charge in [0.1, 0.15) is 5.75 Å². The van der Waals surface area contributed by atoms with Crippen molar-refractivity contribution in [1.82, 2.24) is 5.43 Å². The number of carbonyl (C=O) groups excluding carboxylic acids is 3. The van der Waals surface area contributed by atoms with Gasteiger partial charge >= 0.3 is 5.97 Å². The summed E-state index contributed by atoms with van der Waals surface area (Å²) in [6.07, 6.45) is 1.29. The summed E-state index contributed by atoms with van der Waals surface area (Å²) in [7, 11) is 4.34. The fraction of sp³-hybridized carbons (Fsp3) is 0.0968. The summed E-state index contributed by atoms with van der Waals surface area (Å²) in [6.45, 7) is 0. The summed E-state index contributed by atoms with van der Waals surface area (Å²) < 4.78 is 22.0. The molecule has 0 unspecified atom stereocenters. The van der Waals surface area contributed by atoms with Crippen LogP contribution in [0, 0.1) is 10.1 Å². The van der Waals surface area contributed by atoms with Crippen LogP contribution < -0.4 is 29.7 Å². The Hall–Kier alpha value is -5.76. The smallest absolute Gasteiger partial charge is 0.343 e. The second-order valence-electron chi connectivity index (χ2n) is 9.02. The van der Waals surface area contributed by atoms with Crippen LogP contribution in [0.1, 0.15) is 36.6 Å². The van der Waals surface area contributed by atoms with Crippen molar-refractivity contribution in [2.24, 2.45) is 5.10 Å². The minimum Gasteiger partial charge on any atom is -0.493 e. The van der Waals surface area contributed by atoms with Crippen LogP contribution in [0.4, 0.5) is 11.4 Å². The van der Waals surface area contributed by atoms with Crippen molar-refractivity contribution < 1.29 is 38.3 Å². The van der Waals surface area contributed by atoms with Crippen LogP contribution in [-0.4, -0.2) is 50.3 Å². The molecule has 4 aromatic carbocycles. The Balaban J connectivity index is 1.44. The van der Waals surface area contributed by atoms with E-state index in [1.807, 2.05) is 0 Å². The molecule has 0 bridgehead atoms. The van der Waals surface area contributed by atoms with E-state index in [9.17, 15) is 24.5 Å². The normalized spacial score (nSPS) is 10.6. The second-order valence-corrected chi connectivity index (χ2v) is 9.94. The van der Waals surface area contributed by atoms with Crippen LogP contribution in [0.5, 0.6) is 23.0 Å². The van der Waals surface area contributed by atoms with Gasteiger partial charge in [-0.3, -0.25) is 19.7 Å². The van der Waals surface area contributed by atoms with Crippen LogP contribution in [0.25, 0.3) is 0 Å². The number of benzene rings is 4. The minimum atomic E-state index is -0.740. The molecule has 14 heteroatoms. The highest BCUT2D eigenvalue weighted by Crippen LogP contribution is 2.38. The maximum Gasteiger partial charge on any atom is 0.343 e. The lowest BCUT2D eigenvalue weighted by atomic mass is 10.1. The molecule has 0 spiro atoms. The number of nitro groups is 1. The van der Waals surface area contributed by atoms with Gasteiger partial charge in [-0.2, -0.15) is 5.10 Å². The van der Waals surface area contributed by atoms with E-state index in [1.54, 1.807) is 24.3 Å². The Morgan fingerprint density at radius 1 is 0.800 bits per heavy atom. The van der Waals surface area contributed by atoms with Gasteiger partial charge in [0.25, 0.3) is 17.5 Å². The highest BCUT2D eigenvalue weighted by molar-refractivity contribution is 9.10. The molecule has 230 valence electrons. The van der Waals surface area contributed by atoms with Crippen LogP contribution in [-0.2, 0) is 0 Å². The van der Waals surface area contributed by atoms with Gasteiger partial charge in [-0.05, 0) is 60.7 Å². The van der Waals surface area contributed by atoms with E-state index in [0.29, 0.717) is 33.0 Å². The number of rotatable bonds is 11. The maximum absolute atomic E-state index is 13.0. The van der Waals surface area contributed by atoms with Gasteiger partial charge in [0.05, 0.1) is 38.0 Å². The van der Waals surface area contributed by atoms with Gasteiger partial charge in [0.2, 0.25) is 5.75 Å². The summed E-state index contributed by atoms with van der Waals surface area (Å²) in [4.78, 5) is 48.7. The van der Waals surface area contributed by atoms with Gasteiger partial charge in [0.15, 0.2) is 11.5 Å². The van der Waals surface area contributed by atoms with Gasteiger partial charge in [0, 0.05) is 39.0 Å². The molecule has 13 nitrogen and oxygen atoms in total. The van der Waals surface area contributed by atoms with Crippen molar-refractivity contribution in [2.45, 2.75) is 0 Å². The molecule has 0 fully saturated rings. The average molecular weight is 677 g/mol. The molecule has 0 aliphatic rings. The fourth-order valence-electron chi connectivity index (χ4n) is 3.97. The topological polar surface area (TPSA) is 168 Å². The fourth-order valence-corrected chi connectivity index (χ4v) is 4.35. The van der Waals surface area contributed by atoms with E-state index in [0.717, 1.165) is 0 Å². The molecular formula is C31H25BrN4O9. The average Bonchev–Trinajstić information content (AvgIpc) is 3.05. The maximum atomic E-state index is 13.0. The predicted molar refractivity (Wildman–Crippen MR) is 168 cm³/mol. The molecule has 2 amide bonds. The lowest BCUT2D eigenvalue weighted by Gasteiger charge is -2.14. The number of halogens is 1. The molecule has 0 saturated carbocycles. The summed E-state index contributed by atoms with van der Waals surface area (Å²) >= 11 is 3.35. The SMILES string of the molecule is COc1cc(C(=O)Nc2cccc(C(=O)NN=Cc3cc(Br)ccc3OC(=O)c3ccc([N+](=O)[O-])cc3)c2)cc(OC)c1OC. The number of hydrogen-bond acceptors (Lipinski definition) is 10. The standard InChI is InChI=1S/C31H25BrN4O9/c1-42-26-15-20(16-27(43-2)28(26)44-3)29(37)34-23-6-4-5-19(14-23)30(38)35-33-17-21-13-22(32)9-12-25(21)45-31(39)18-7-10-24(11-8-18)36(40)41/h4-17H,1-3H3,(H,34,37)(H,35,38). The molecule has 2 N–H and O–H groups in total. The van der Waals surface area contributed by atoms with Crippen LogP contribution >= 0.6 is 15.9 Å². The Kier molecular flexibility index (Phi) is 10.4. The number of amides is 2. The third-order valence-corrected chi connectivity index (χ3v) is 6.66. The number of carbonyl (C=O) groups is 3. The van der Waals surface area contributed by atoms with E-state index in [-0.39, 0.29) is 28.1 Å². The quantitative estimate of drug-likeness (QED) is 0.0673. The second kappa shape index (κ2) is 14.6. The third-order valence-electron chi connectivity index (χ3n) is 6.17. The number of nitrogens with one attached hydrogen (secondary N) is 2. The molecular weight excluding hydrogens is 652 g/mol. The lowest BCUT2D eigenvalue weighted by Crippen LogP contribution is -2.18. The lowest BCUT2D eigenvalue weighted by molar-refractivity contribution is -0.384. The van der Waals surface area contributed by atoms with Crippen LogP contribution in [0.3, 0.4) is 0 Å². The summed E-state index contributed by atoms with van der Waals surface area (Å²) in [5, 5.41) is 17.6. The van der Waals surface area contributed by atoms with E-state index >= 15 is 0 Å². The largest absolute Gasteiger partial charge is 0.493 e. The Bertz CT molecular complexity index is 1770. The van der Waals surface area contributed by atoms with Crippen LogP contribution in [0.2, 0.25) is 0 Å². The molecule has 4 rings (SSSR count). The first kappa shape index (κ1) is 32.2. The number of methoxy groups -OCH3 is 3. The Morgan fingerprint density at radius 2 is 1.49 bits per heavy atom. The molecule has 45 heavy (non-hydrogen) atoms. The first-order valence-corrected chi connectivity index (χ1v) is 13.7. The first-order valence-electron chi connectivity index (χ1n) is 12.9. The molecule has 0 atom stereocenters. The Labute approximate surface area is 265 Å². The van der Waals surface area contributed by atoms with Gasteiger partial charge in [-0.1, -0.05) is 22.0 Å². The molecule has 0 saturated heterocycles. The monoisotopic (exact) mass is 676 g/mol. The number of ether oxygens (including phenoxy) is 4. The van der Waals surface area contributed by atoms with E-state index in [4.69, 9.17) is 18.9 Å². The molecule has 4 aromatic rings. The van der Waals surface area contributed by atoms with Gasteiger partial charge < -0.3 is 24.3 Å². The van der Waals surface area contributed by atoms with Crippen molar-refractivity contribution in [3.05, 3.63) is 116 Å². The molecule has 0 aliphatic carbocycles. The van der Waals surface area contributed by atoms with E-state index in [2.05, 4.69) is 31.8 Å². The third kappa shape index (κ3) is 8.00. The predicted octanol–water partition coefficient (Wildman–Crippen LogP) is 5.62. The zero-order chi connectivity index (χ0) is 32.5. The van der Waals surface area contributed by atoms with Gasteiger partial charge in [-0.15, -0.1) is 0 Å².